The van der Waals surface area contributed by atoms with Crippen LogP contribution in [0.25, 0.3) is 0 Å². The number of amides is 1. The van der Waals surface area contributed by atoms with Crippen molar-refractivity contribution in [2.24, 2.45) is 0 Å². The molecule has 1 aliphatic heterocycles. The lowest BCUT2D eigenvalue weighted by Crippen LogP contribution is -2.37. The summed E-state index contributed by atoms with van der Waals surface area (Å²) in [7, 11) is 0. The smallest absolute Gasteiger partial charge is 0.358 e. The Labute approximate surface area is 126 Å². The van der Waals surface area contributed by atoms with Crippen LogP contribution in [-0.2, 0) is 19.4 Å². The van der Waals surface area contributed by atoms with Crippen molar-refractivity contribution in [3.63, 3.8) is 0 Å². The number of hydrogen-bond donors (Lipinski definition) is 1. The van der Waals surface area contributed by atoms with Gasteiger partial charge in [0.2, 0.25) is 0 Å². The van der Waals surface area contributed by atoms with Crippen molar-refractivity contribution in [2.45, 2.75) is 26.3 Å². The molecule has 0 spiro atoms. The monoisotopic (exact) mass is 301 g/mol. The highest BCUT2D eigenvalue weighted by Gasteiger charge is 2.30. The van der Waals surface area contributed by atoms with Crippen molar-refractivity contribution in [2.75, 3.05) is 6.54 Å². The Kier molecular flexibility index (Phi) is 3.62. The number of rotatable bonds is 3. The zero-order chi connectivity index (χ0) is 15.7. The van der Waals surface area contributed by atoms with Gasteiger partial charge in [0.05, 0.1) is 6.54 Å². The van der Waals surface area contributed by atoms with E-state index in [-0.39, 0.29) is 18.1 Å². The number of pyridine rings is 1. The van der Waals surface area contributed by atoms with E-state index in [9.17, 15) is 9.59 Å². The van der Waals surface area contributed by atoms with Gasteiger partial charge in [-0.15, -0.1) is 0 Å². The summed E-state index contributed by atoms with van der Waals surface area (Å²) in [5.74, 6) is -0.801. The summed E-state index contributed by atoms with van der Waals surface area (Å²) in [5.41, 5.74) is 1.65. The molecule has 1 N–H and O–H groups in total. The molecule has 0 aliphatic carbocycles. The molecule has 0 saturated heterocycles. The Balaban J connectivity index is 1.89. The number of hydrogen-bond acceptors (Lipinski definition) is 5. The minimum absolute atomic E-state index is 0.121. The summed E-state index contributed by atoms with van der Waals surface area (Å²) < 4.78 is 5.04. The van der Waals surface area contributed by atoms with Crippen LogP contribution in [0.2, 0.25) is 0 Å². The van der Waals surface area contributed by atoms with Crippen molar-refractivity contribution in [3.8, 4) is 0 Å². The largest absolute Gasteiger partial charge is 0.476 e. The number of carboxylic acids is 1. The van der Waals surface area contributed by atoms with Gasteiger partial charge in [-0.1, -0.05) is 18.1 Å². The number of carboxylic acid groups (broad SMARTS) is 1. The molecule has 2 aromatic heterocycles. The van der Waals surface area contributed by atoms with Crippen molar-refractivity contribution in [1.29, 1.82) is 0 Å². The van der Waals surface area contributed by atoms with Gasteiger partial charge in [-0.25, -0.2) is 4.79 Å². The lowest BCUT2D eigenvalue weighted by Gasteiger charge is -2.26. The van der Waals surface area contributed by atoms with E-state index in [0.717, 1.165) is 5.56 Å². The fourth-order valence-corrected chi connectivity index (χ4v) is 2.62. The van der Waals surface area contributed by atoms with Crippen LogP contribution >= 0.6 is 0 Å². The third-order valence-corrected chi connectivity index (χ3v) is 3.79. The molecule has 3 rings (SSSR count). The Bertz CT molecular complexity index is 738. The number of aromatic carboxylic acids is 1. The van der Waals surface area contributed by atoms with Crippen LogP contribution in [0.5, 0.6) is 0 Å². The predicted molar refractivity (Wildman–Crippen MR) is 75.5 cm³/mol. The van der Waals surface area contributed by atoms with Crippen LogP contribution in [0.3, 0.4) is 0 Å². The highest BCUT2D eigenvalue weighted by atomic mass is 16.5. The van der Waals surface area contributed by atoms with Crippen molar-refractivity contribution in [1.82, 2.24) is 15.0 Å². The van der Waals surface area contributed by atoms with Gasteiger partial charge in [0.15, 0.2) is 5.69 Å². The molecule has 3 heterocycles. The van der Waals surface area contributed by atoms with E-state index in [4.69, 9.17) is 9.63 Å². The van der Waals surface area contributed by atoms with Crippen molar-refractivity contribution >= 4 is 11.9 Å². The molecule has 1 aliphatic rings. The molecular weight excluding hydrogens is 286 g/mol. The van der Waals surface area contributed by atoms with Crippen LogP contribution in [0.15, 0.2) is 22.9 Å². The van der Waals surface area contributed by atoms with Crippen LogP contribution in [0.4, 0.5) is 0 Å². The first-order valence-electron chi connectivity index (χ1n) is 7.05. The highest BCUT2D eigenvalue weighted by Crippen LogP contribution is 2.24. The van der Waals surface area contributed by atoms with Gasteiger partial charge in [0.25, 0.3) is 5.91 Å². The molecule has 0 aromatic carbocycles. The maximum Gasteiger partial charge on any atom is 0.358 e. The summed E-state index contributed by atoms with van der Waals surface area (Å²) in [6.45, 7) is 2.60. The number of carbonyl (C=O) groups excluding carboxylic acids is 1. The van der Waals surface area contributed by atoms with E-state index in [0.29, 0.717) is 36.4 Å². The molecule has 1 amide bonds. The van der Waals surface area contributed by atoms with Crippen LogP contribution in [0, 0.1) is 0 Å². The van der Waals surface area contributed by atoms with Crippen LogP contribution in [0.1, 0.15) is 44.8 Å². The zero-order valence-corrected chi connectivity index (χ0v) is 12.1. The first-order valence-corrected chi connectivity index (χ1v) is 7.05. The van der Waals surface area contributed by atoms with Gasteiger partial charge in [0.1, 0.15) is 11.5 Å². The summed E-state index contributed by atoms with van der Waals surface area (Å²) in [4.78, 5) is 29.6. The van der Waals surface area contributed by atoms with Gasteiger partial charge in [-0.3, -0.25) is 9.78 Å². The second kappa shape index (κ2) is 5.59. The predicted octanol–water partition coefficient (Wildman–Crippen LogP) is 1.53. The molecule has 7 heteroatoms. The molecule has 2 aromatic rings. The maximum atomic E-state index is 12.7. The second-order valence-electron chi connectivity index (χ2n) is 5.08. The van der Waals surface area contributed by atoms with Crippen LogP contribution in [-0.4, -0.2) is 38.6 Å². The third-order valence-electron chi connectivity index (χ3n) is 3.79. The molecule has 114 valence electrons. The second-order valence-corrected chi connectivity index (χ2v) is 5.08. The summed E-state index contributed by atoms with van der Waals surface area (Å²) in [6, 6.07) is 3.67. The van der Waals surface area contributed by atoms with Gasteiger partial charge < -0.3 is 14.5 Å². The highest BCUT2D eigenvalue weighted by molar-refractivity contribution is 5.94. The van der Waals surface area contributed by atoms with Crippen molar-refractivity contribution < 1.29 is 19.2 Å². The number of fused-ring (bicyclic) bond motifs is 1. The summed E-state index contributed by atoms with van der Waals surface area (Å²) in [5, 5.41) is 12.7. The Morgan fingerprint density at radius 2 is 2.23 bits per heavy atom. The summed E-state index contributed by atoms with van der Waals surface area (Å²) in [6.07, 6.45) is 2.75. The fourth-order valence-electron chi connectivity index (χ4n) is 2.62. The van der Waals surface area contributed by atoms with Crippen LogP contribution < -0.4 is 0 Å². The molecule has 0 saturated carbocycles. The number of nitrogens with zero attached hydrogens (tertiary/aromatic N) is 3. The fraction of sp³-hybridized carbons (Fsp3) is 0.333. The quantitative estimate of drug-likeness (QED) is 0.923. The summed E-state index contributed by atoms with van der Waals surface area (Å²) >= 11 is 0. The molecule has 0 fully saturated rings. The molecule has 0 bridgehead atoms. The Morgan fingerprint density at radius 1 is 1.41 bits per heavy atom. The Hall–Kier alpha value is -2.70. The minimum atomic E-state index is -1.15. The average molecular weight is 301 g/mol. The molecular formula is C15H15N3O4. The molecule has 0 unspecified atom stereocenters. The maximum absolute atomic E-state index is 12.7. The first kappa shape index (κ1) is 14.2. The zero-order valence-electron chi connectivity index (χ0n) is 12.1. The number of aromatic nitrogens is 2. The first-order chi connectivity index (χ1) is 10.6. The molecule has 0 atom stereocenters. The topological polar surface area (TPSA) is 96.5 Å². The molecule has 22 heavy (non-hydrogen) atoms. The molecule has 7 nitrogen and oxygen atoms in total. The normalized spacial score (nSPS) is 13.8. The molecule has 0 radical (unpaired) electrons. The lowest BCUT2D eigenvalue weighted by molar-refractivity contribution is 0.0672. The van der Waals surface area contributed by atoms with E-state index in [2.05, 4.69) is 10.1 Å². The standard InChI is InChI=1S/C15H15N3O4/c1-2-9-4-3-6-16-12(9)14(19)18-7-5-11-10(8-18)13(15(20)21)17-22-11/h3-4,6H,2,5,7-8H2,1H3,(H,20,21). The van der Waals surface area contributed by atoms with E-state index in [1.165, 1.54) is 0 Å². The van der Waals surface area contributed by atoms with Gasteiger partial charge in [-0.2, -0.15) is 0 Å². The minimum Gasteiger partial charge on any atom is -0.476 e. The van der Waals surface area contributed by atoms with E-state index < -0.39 is 5.97 Å². The van der Waals surface area contributed by atoms with Crippen molar-refractivity contribution in [3.05, 3.63) is 46.6 Å². The van der Waals surface area contributed by atoms with Gasteiger partial charge >= 0.3 is 5.97 Å². The van der Waals surface area contributed by atoms with E-state index in [1.54, 1.807) is 17.2 Å². The SMILES string of the molecule is CCc1cccnc1C(=O)N1CCc2onc(C(=O)O)c2C1. The number of aryl methyl sites for hydroxylation is 1. The Morgan fingerprint density at radius 3 is 2.95 bits per heavy atom. The van der Waals surface area contributed by atoms with Gasteiger partial charge in [0, 0.05) is 24.7 Å². The average Bonchev–Trinajstić information content (AvgIpc) is 2.97. The van der Waals surface area contributed by atoms with Gasteiger partial charge in [-0.05, 0) is 18.1 Å². The third kappa shape index (κ3) is 2.34. The lowest BCUT2D eigenvalue weighted by atomic mass is 10.0. The van der Waals surface area contributed by atoms with E-state index >= 15 is 0 Å². The van der Waals surface area contributed by atoms with E-state index in [1.807, 2.05) is 13.0 Å². The number of carbonyl (C=O) groups is 2.